The van der Waals surface area contributed by atoms with Crippen LogP contribution in [0.4, 0.5) is 17.6 Å². The van der Waals surface area contributed by atoms with Crippen LogP contribution in [-0.4, -0.2) is 17.4 Å². The zero-order valence-electron chi connectivity index (χ0n) is 15.5. The van der Waals surface area contributed by atoms with E-state index >= 15 is 0 Å². The number of hydrogen-bond donors (Lipinski definition) is 1. The van der Waals surface area contributed by atoms with E-state index in [-0.39, 0.29) is 29.5 Å². The average molecular weight is 436 g/mol. The summed E-state index contributed by atoms with van der Waals surface area (Å²) in [4.78, 5) is 16.0. The van der Waals surface area contributed by atoms with E-state index in [4.69, 9.17) is 4.74 Å². The maximum Gasteiger partial charge on any atom is 0.416 e. The lowest BCUT2D eigenvalue weighted by Crippen LogP contribution is -2.23. The van der Waals surface area contributed by atoms with Gasteiger partial charge in [-0.25, -0.2) is 9.37 Å². The normalized spacial score (nSPS) is 11.2. The topological polar surface area (TPSA) is 51.2 Å². The molecule has 4 nitrogen and oxygen atoms in total. The Kier molecular flexibility index (Phi) is 6.51. The van der Waals surface area contributed by atoms with Gasteiger partial charge in [0.15, 0.2) is 0 Å². The predicted octanol–water partition coefficient (Wildman–Crippen LogP) is 5.46. The molecule has 0 aliphatic carbocycles. The van der Waals surface area contributed by atoms with Crippen LogP contribution in [0, 0.1) is 5.82 Å². The number of nitrogens with one attached hydrogen (secondary N) is 1. The molecule has 0 aliphatic rings. The molecule has 1 amide bonds. The van der Waals surface area contributed by atoms with Gasteiger partial charge in [-0.15, -0.1) is 17.9 Å². The Morgan fingerprint density at radius 1 is 1.20 bits per heavy atom. The molecule has 0 unspecified atom stereocenters. The summed E-state index contributed by atoms with van der Waals surface area (Å²) in [5.74, 6) is -0.752. The number of aromatic nitrogens is 1. The fourth-order valence-corrected chi connectivity index (χ4v) is 3.30. The van der Waals surface area contributed by atoms with Crippen molar-refractivity contribution in [2.24, 2.45) is 0 Å². The molecule has 1 aromatic heterocycles. The molecule has 3 rings (SSSR count). The van der Waals surface area contributed by atoms with Crippen molar-refractivity contribution in [3.8, 4) is 16.3 Å². The van der Waals surface area contributed by atoms with Crippen molar-refractivity contribution in [2.45, 2.75) is 12.8 Å². The minimum atomic E-state index is -4.40. The second kappa shape index (κ2) is 9.08. The highest BCUT2D eigenvalue weighted by molar-refractivity contribution is 7.13. The minimum absolute atomic E-state index is 0.0121. The summed E-state index contributed by atoms with van der Waals surface area (Å²) in [6.07, 6.45) is -2.87. The molecule has 1 N–H and O–H groups in total. The third kappa shape index (κ3) is 5.24. The van der Waals surface area contributed by atoms with Gasteiger partial charge in [-0.1, -0.05) is 18.2 Å². The SMILES string of the molecule is C=CCNC(=O)c1csc(-c2ccc(OCc3ccc(C(F)(F)F)cc3)cc2F)n1. The van der Waals surface area contributed by atoms with Gasteiger partial charge in [0.1, 0.15) is 28.9 Å². The number of nitrogens with zero attached hydrogens (tertiary/aromatic N) is 1. The molecule has 0 aliphatic heterocycles. The Morgan fingerprint density at radius 2 is 1.93 bits per heavy atom. The maximum atomic E-state index is 14.5. The monoisotopic (exact) mass is 436 g/mol. The average Bonchev–Trinajstić information content (AvgIpc) is 3.20. The molecule has 0 bridgehead atoms. The van der Waals surface area contributed by atoms with Gasteiger partial charge in [0.25, 0.3) is 5.91 Å². The Hall–Kier alpha value is -3.20. The van der Waals surface area contributed by atoms with Gasteiger partial charge in [0.2, 0.25) is 0 Å². The largest absolute Gasteiger partial charge is 0.489 e. The number of benzene rings is 2. The number of carbonyl (C=O) groups is 1. The smallest absolute Gasteiger partial charge is 0.416 e. The number of alkyl halides is 3. The van der Waals surface area contributed by atoms with Crippen molar-refractivity contribution in [3.05, 3.63) is 83.1 Å². The first-order valence-corrected chi connectivity index (χ1v) is 9.59. The van der Waals surface area contributed by atoms with Gasteiger partial charge < -0.3 is 10.1 Å². The highest BCUT2D eigenvalue weighted by Crippen LogP contribution is 2.30. The Balaban J connectivity index is 1.66. The first-order chi connectivity index (χ1) is 14.3. The van der Waals surface area contributed by atoms with Crippen LogP contribution in [0.2, 0.25) is 0 Å². The van der Waals surface area contributed by atoms with E-state index in [9.17, 15) is 22.4 Å². The molecule has 30 heavy (non-hydrogen) atoms. The van der Waals surface area contributed by atoms with Gasteiger partial charge in [-0.3, -0.25) is 4.79 Å². The second-order valence-electron chi connectivity index (χ2n) is 6.16. The summed E-state index contributed by atoms with van der Waals surface area (Å²) in [5, 5.41) is 4.46. The molecule has 0 saturated carbocycles. The van der Waals surface area contributed by atoms with Crippen molar-refractivity contribution in [1.29, 1.82) is 0 Å². The standard InChI is InChI=1S/C21H16F4N2O2S/c1-2-9-26-19(28)18-12-30-20(27-18)16-8-7-15(10-17(16)22)29-11-13-3-5-14(6-4-13)21(23,24)25/h2-8,10,12H,1,9,11H2,(H,26,28). The van der Waals surface area contributed by atoms with Crippen LogP contribution in [-0.2, 0) is 12.8 Å². The lowest BCUT2D eigenvalue weighted by molar-refractivity contribution is -0.137. The van der Waals surface area contributed by atoms with E-state index in [2.05, 4.69) is 16.9 Å². The summed E-state index contributed by atoms with van der Waals surface area (Å²) >= 11 is 1.13. The van der Waals surface area contributed by atoms with Gasteiger partial charge in [-0.2, -0.15) is 13.2 Å². The van der Waals surface area contributed by atoms with Gasteiger partial charge >= 0.3 is 6.18 Å². The van der Waals surface area contributed by atoms with E-state index in [1.54, 1.807) is 0 Å². The van der Waals surface area contributed by atoms with Gasteiger partial charge in [0, 0.05) is 23.6 Å². The zero-order chi connectivity index (χ0) is 21.7. The Bertz CT molecular complexity index is 1050. The lowest BCUT2D eigenvalue weighted by atomic mass is 10.1. The summed E-state index contributed by atoms with van der Waals surface area (Å²) in [5.41, 5.74) is 0.161. The third-order valence-corrected chi connectivity index (χ3v) is 4.88. The predicted molar refractivity (Wildman–Crippen MR) is 106 cm³/mol. The van der Waals surface area contributed by atoms with Crippen LogP contribution < -0.4 is 10.1 Å². The highest BCUT2D eigenvalue weighted by Gasteiger charge is 2.29. The summed E-state index contributed by atoms with van der Waals surface area (Å²) in [6, 6.07) is 8.71. The summed E-state index contributed by atoms with van der Waals surface area (Å²) < 4.78 is 57.7. The molecular formula is C21H16F4N2O2S. The molecule has 2 aromatic carbocycles. The Labute approximate surface area is 173 Å². The van der Waals surface area contributed by atoms with Crippen LogP contribution in [0.15, 0.2) is 60.5 Å². The van der Waals surface area contributed by atoms with Crippen LogP contribution >= 0.6 is 11.3 Å². The molecule has 9 heteroatoms. The minimum Gasteiger partial charge on any atom is -0.489 e. The fourth-order valence-electron chi connectivity index (χ4n) is 2.47. The molecule has 0 atom stereocenters. The second-order valence-corrected chi connectivity index (χ2v) is 7.02. The number of rotatable bonds is 7. The summed E-state index contributed by atoms with van der Waals surface area (Å²) in [6.45, 7) is 3.79. The van der Waals surface area contributed by atoms with E-state index in [1.165, 1.54) is 35.7 Å². The number of amides is 1. The molecule has 3 aromatic rings. The molecule has 1 heterocycles. The molecule has 0 spiro atoms. The van der Waals surface area contributed by atoms with E-state index in [0.29, 0.717) is 17.1 Å². The lowest BCUT2D eigenvalue weighted by Gasteiger charge is -2.10. The van der Waals surface area contributed by atoms with E-state index in [0.717, 1.165) is 29.5 Å². The molecule has 0 radical (unpaired) electrons. The molecule has 0 saturated heterocycles. The van der Waals surface area contributed by atoms with Crippen molar-refractivity contribution < 1.29 is 27.1 Å². The highest BCUT2D eigenvalue weighted by atomic mass is 32.1. The summed E-state index contributed by atoms with van der Waals surface area (Å²) in [7, 11) is 0. The van der Waals surface area contributed by atoms with Crippen molar-refractivity contribution in [3.63, 3.8) is 0 Å². The molecule has 156 valence electrons. The molecular weight excluding hydrogens is 420 g/mol. The van der Waals surface area contributed by atoms with Crippen LogP contribution in [0.1, 0.15) is 21.6 Å². The first kappa shape index (κ1) is 21.5. The Morgan fingerprint density at radius 3 is 2.57 bits per heavy atom. The molecule has 0 fully saturated rings. The zero-order valence-corrected chi connectivity index (χ0v) is 16.3. The number of hydrogen-bond acceptors (Lipinski definition) is 4. The van der Waals surface area contributed by atoms with E-state index < -0.39 is 17.6 Å². The number of halogens is 4. The van der Waals surface area contributed by atoms with Gasteiger partial charge in [-0.05, 0) is 29.8 Å². The van der Waals surface area contributed by atoms with Gasteiger partial charge in [0.05, 0.1) is 5.56 Å². The van der Waals surface area contributed by atoms with E-state index in [1.807, 2.05) is 0 Å². The van der Waals surface area contributed by atoms with Crippen molar-refractivity contribution in [2.75, 3.05) is 6.54 Å². The van der Waals surface area contributed by atoms with Crippen molar-refractivity contribution >= 4 is 17.2 Å². The van der Waals surface area contributed by atoms with Crippen LogP contribution in [0.3, 0.4) is 0 Å². The van der Waals surface area contributed by atoms with Crippen LogP contribution in [0.25, 0.3) is 10.6 Å². The number of thiazole rings is 1. The maximum absolute atomic E-state index is 14.5. The van der Waals surface area contributed by atoms with Crippen molar-refractivity contribution in [1.82, 2.24) is 10.3 Å². The third-order valence-electron chi connectivity index (χ3n) is 4.00. The first-order valence-electron chi connectivity index (χ1n) is 8.71. The number of ether oxygens (including phenoxy) is 1. The quantitative estimate of drug-likeness (QED) is 0.395. The fraction of sp³-hybridized carbons (Fsp3) is 0.143. The number of carbonyl (C=O) groups excluding carboxylic acids is 1. The van der Waals surface area contributed by atoms with Crippen LogP contribution in [0.5, 0.6) is 5.75 Å².